The van der Waals surface area contributed by atoms with Gasteiger partial charge in [-0.1, -0.05) is 36.3 Å². The summed E-state index contributed by atoms with van der Waals surface area (Å²) >= 11 is 1.61. The topological polar surface area (TPSA) is 56.0 Å². The molecule has 1 heterocycles. The highest BCUT2D eigenvalue weighted by Gasteiger charge is 2.38. The molecule has 0 fully saturated rings. The lowest BCUT2D eigenvalue weighted by molar-refractivity contribution is -0.159. The Labute approximate surface area is 135 Å². The number of rotatable bonds is 6. The van der Waals surface area contributed by atoms with Crippen molar-refractivity contribution in [3.8, 4) is 11.4 Å². The van der Waals surface area contributed by atoms with Crippen LogP contribution < -0.4 is 0 Å². The maximum atomic E-state index is 12.4. The Kier molecular flexibility index (Phi) is 5.46. The number of ketones is 1. The largest absolute Gasteiger partial charge is 0.471 e. The first-order valence-electron chi connectivity index (χ1n) is 6.83. The Balaban J connectivity index is 2.08. The van der Waals surface area contributed by atoms with Crippen molar-refractivity contribution in [3.05, 3.63) is 35.7 Å². The quantitative estimate of drug-likeness (QED) is 0.796. The van der Waals surface area contributed by atoms with Crippen LogP contribution in [0, 0.1) is 5.92 Å². The van der Waals surface area contributed by atoms with Gasteiger partial charge in [-0.25, -0.2) is 0 Å². The molecule has 0 bridgehead atoms. The number of alkyl halides is 3. The number of halogens is 3. The number of hydrogen-bond donors (Lipinski definition) is 0. The first-order valence-corrected chi connectivity index (χ1v) is 8.22. The molecule has 1 unspecified atom stereocenters. The molecule has 0 saturated heterocycles. The summed E-state index contributed by atoms with van der Waals surface area (Å²) in [7, 11) is 0. The van der Waals surface area contributed by atoms with Crippen LogP contribution in [0.3, 0.4) is 0 Å². The second-order valence-corrected chi connectivity index (χ2v) is 6.03. The first-order chi connectivity index (χ1) is 10.8. The second kappa shape index (κ2) is 7.16. The summed E-state index contributed by atoms with van der Waals surface area (Å²) < 4.78 is 41.5. The van der Waals surface area contributed by atoms with E-state index in [1.165, 1.54) is 0 Å². The number of aromatic nitrogens is 2. The van der Waals surface area contributed by atoms with Crippen molar-refractivity contribution >= 4 is 17.5 Å². The summed E-state index contributed by atoms with van der Waals surface area (Å²) in [4.78, 5) is 15.3. The van der Waals surface area contributed by atoms with Crippen molar-refractivity contribution < 1.29 is 22.5 Å². The molecule has 8 heteroatoms. The van der Waals surface area contributed by atoms with Crippen LogP contribution in [0.25, 0.3) is 11.4 Å². The van der Waals surface area contributed by atoms with Crippen molar-refractivity contribution in [1.82, 2.24) is 10.1 Å². The molecule has 4 nitrogen and oxygen atoms in total. The molecule has 0 N–H and O–H groups in total. The third-order valence-electron chi connectivity index (χ3n) is 3.23. The monoisotopic (exact) mass is 344 g/mol. The van der Waals surface area contributed by atoms with Gasteiger partial charge in [0, 0.05) is 23.7 Å². The van der Waals surface area contributed by atoms with Gasteiger partial charge in [0.15, 0.2) is 0 Å². The highest BCUT2D eigenvalue weighted by atomic mass is 32.2. The van der Waals surface area contributed by atoms with E-state index in [9.17, 15) is 18.0 Å². The van der Waals surface area contributed by atoms with Gasteiger partial charge in [0.1, 0.15) is 5.78 Å². The number of carbonyl (C=O) groups is 1. The fourth-order valence-electron chi connectivity index (χ4n) is 1.95. The molecule has 1 aromatic carbocycles. The van der Waals surface area contributed by atoms with E-state index in [2.05, 4.69) is 14.7 Å². The lowest BCUT2D eigenvalue weighted by atomic mass is 10.00. The van der Waals surface area contributed by atoms with Crippen LogP contribution in [0.15, 0.2) is 28.8 Å². The summed E-state index contributed by atoms with van der Waals surface area (Å²) in [5.41, 5.74) is 1.20. The molecule has 0 aliphatic rings. The zero-order valence-electron chi connectivity index (χ0n) is 12.6. The van der Waals surface area contributed by atoms with Gasteiger partial charge in [-0.05, 0) is 11.8 Å². The number of Topliss-reactive ketones (excluding diaryl/α,β-unsaturated/α-hetero) is 1. The van der Waals surface area contributed by atoms with E-state index in [1.807, 2.05) is 13.2 Å². The normalized spacial score (nSPS) is 13.1. The van der Waals surface area contributed by atoms with Crippen molar-refractivity contribution in [3.63, 3.8) is 0 Å². The highest BCUT2D eigenvalue weighted by Crippen LogP contribution is 2.29. The zero-order chi connectivity index (χ0) is 17.0. The number of hydrogen-bond acceptors (Lipinski definition) is 5. The average molecular weight is 344 g/mol. The minimum Gasteiger partial charge on any atom is -0.329 e. The van der Waals surface area contributed by atoms with Gasteiger partial charge in [0.25, 0.3) is 0 Å². The summed E-state index contributed by atoms with van der Waals surface area (Å²) in [6, 6.07) is 6.52. The van der Waals surface area contributed by atoms with Crippen LogP contribution in [0.5, 0.6) is 0 Å². The SMILES string of the molecule is CSCC(C)C(=O)Cc1ccc(-c2noc(C(F)(F)F)n2)cc1. The van der Waals surface area contributed by atoms with Gasteiger partial charge in [0.2, 0.25) is 5.82 Å². The highest BCUT2D eigenvalue weighted by molar-refractivity contribution is 7.98. The predicted molar refractivity (Wildman–Crippen MR) is 81.0 cm³/mol. The molecule has 23 heavy (non-hydrogen) atoms. The van der Waals surface area contributed by atoms with Gasteiger partial charge in [-0.3, -0.25) is 4.79 Å². The molecule has 0 amide bonds. The van der Waals surface area contributed by atoms with Crippen molar-refractivity contribution in [1.29, 1.82) is 0 Å². The van der Waals surface area contributed by atoms with Crippen LogP contribution in [0.4, 0.5) is 13.2 Å². The maximum absolute atomic E-state index is 12.4. The van der Waals surface area contributed by atoms with E-state index in [4.69, 9.17) is 0 Å². The first kappa shape index (κ1) is 17.5. The van der Waals surface area contributed by atoms with Crippen LogP contribution in [-0.4, -0.2) is 27.9 Å². The smallest absolute Gasteiger partial charge is 0.329 e. The molecule has 2 aromatic rings. The van der Waals surface area contributed by atoms with E-state index >= 15 is 0 Å². The molecule has 124 valence electrons. The maximum Gasteiger partial charge on any atom is 0.471 e. The van der Waals surface area contributed by atoms with Crippen LogP contribution >= 0.6 is 11.8 Å². The minimum atomic E-state index is -4.66. The van der Waals surface area contributed by atoms with E-state index in [0.717, 1.165) is 11.3 Å². The molecule has 0 spiro atoms. The zero-order valence-corrected chi connectivity index (χ0v) is 13.4. The molecule has 1 atom stereocenters. The molecular formula is C15H15F3N2O2S. The summed E-state index contributed by atoms with van der Waals surface area (Å²) in [6.45, 7) is 1.88. The van der Waals surface area contributed by atoms with Gasteiger partial charge >= 0.3 is 12.1 Å². The predicted octanol–water partition coefficient (Wildman–Crippen LogP) is 3.87. The third-order valence-corrected chi connectivity index (χ3v) is 4.06. The van der Waals surface area contributed by atoms with Gasteiger partial charge in [-0.15, -0.1) is 0 Å². The summed E-state index contributed by atoms with van der Waals surface area (Å²) in [5.74, 6) is -0.647. The van der Waals surface area contributed by atoms with E-state index in [-0.39, 0.29) is 17.5 Å². The fraction of sp³-hybridized carbons (Fsp3) is 0.400. The fourth-order valence-corrected chi connectivity index (χ4v) is 2.63. The molecule has 0 saturated carbocycles. The molecule has 0 aliphatic heterocycles. The lowest BCUT2D eigenvalue weighted by Crippen LogP contribution is -2.15. The summed E-state index contributed by atoms with van der Waals surface area (Å²) in [6.07, 6.45) is -2.42. The van der Waals surface area contributed by atoms with Gasteiger partial charge in [0.05, 0.1) is 0 Å². The van der Waals surface area contributed by atoms with Crippen molar-refractivity contribution in [2.24, 2.45) is 5.92 Å². The molecule has 0 aliphatic carbocycles. The van der Waals surface area contributed by atoms with E-state index in [0.29, 0.717) is 12.0 Å². The Hall–Kier alpha value is -1.83. The Morgan fingerprint density at radius 3 is 2.48 bits per heavy atom. The average Bonchev–Trinajstić information content (AvgIpc) is 2.98. The van der Waals surface area contributed by atoms with E-state index in [1.54, 1.807) is 36.0 Å². The number of carbonyl (C=O) groups excluding carboxylic acids is 1. The van der Waals surface area contributed by atoms with Gasteiger partial charge < -0.3 is 4.52 Å². The number of thioether (sulfide) groups is 1. The molecule has 0 radical (unpaired) electrons. The van der Waals surface area contributed by atoms with Crippen LogP contribution in [0.2, 0.25) is 0 Å². The second-order valence-electron chi connectivity index (χ2n) is 5.12. The van der Waals surface area contributed by atoms with Crippen molar-refractivity contribution in [2.45, 2.75) is 19.5 Å². The summed E-state index contributed by atoms with van der Waals surface area (Å²) in [5, 5.41) is 3.32. The minimum absolute atomic E-state index is 0.0313. The van der Waals surface area contributed by atoms with Crippen molar-refractivity contribution in [2.75, 3.05) is 12.0 Å². The third kappa shape index (κ3) is 4.57. The standard InChI is InChI=1S/C15H15F3N2O2S/c1-9(8-23-2)12(21)7-10-3-5-11(6-4-10)13-19-14(22-20-13)15(16,17)18/h3-6,9H,7-8H2,1-2H3. The van der Waals surface area contributed by atoms with Crippen LogP contribution in [-0.2, 0) is 17.4 Å². The van der Waals surface area contributed by atoms with Crippen LogP contribution in [0.1, 0.15) is 18.4 Å². The molecule has 1 aromatic heterocycles. The Morgan fingerprint density at radius 1 is 1.30 bits per heavy atom. The van der Waals surface area contributed by atoms with Gasteiger partial charge in [-0.2, -0.15) is 29.9 Å². The number of benzene rings is 1. The lowest BCUT2D eigenvalue weighted by Gasteiger charge is -2.08. The van der Waals surface area contributed by atoms with E-state index < -0.39 is 12.1 Å². The number of nitrogens with zero attached hydrogens (tertiary/aromatic N) is 2. The Morgan fingerprint density at radius 2 is 1.96 bits per heavy atom. The Bertz CT molecular complexity index is 668. The molecular weight excluding hydrogens is 329 g/mol. The molecule has 2 rings (SSSR count).